The Morgan fingerprint density at radius 3 is 1.97 bits per heavy atom. The molecule has 0 heterocycles. The second kappa shape index (κ2) is 12.1. The van der Waals surface area contributed by atoms with Gasteiger partial charge in [0.25, 0.3) is 11.8 Å². The van der Waals surface area contributed by atoms with Gasteiger partial charge in [0.15, 0.2) is 23.0 Å². The minimum Gasteiger partial charge on any atom is -0.493 e. The summed E-state index contributed by atoms with van der Waals surface area (Å²) in [6, 6.07) is 14.8. The quantitative estimate of drug-likeness (QED) is 0.326. The molecule has 0 aliphatic rings. The maximum absolute atomic E-state index is 13.0. The van der Waals surface area contributed by atoms with Crippen LogP contribution in [-0.4, -0.2) is 53.6 Å². The van der Waals surface area contributed by atoms with E-state index in [-0.39, 0.29) is 11.1 Å². The molecule has 0 radical (unpaired) electrons. The number of hydrogen-bond donors (Lipinski definition) is 2. The van der Waals surface area contributed by atoms with Crippen molar-refractivity contribution in [3.05, 3.63) is 71.3 Å². The van der Waals surface area contributed by atoms with Gasteiger partial charge in [-0.2, -0.15) is 5.10 Å². The molecule has 0 unspecified atom stereocenters. The van der Waals surface area contributed by atoms with Crippen molar-refractivity contribution in [2.75, 3.05) is 40.9 Å². The summed E-state index contributed by atoms with van der Waals surface area (Å²) < 4.78 is 26.4. The van der Waals surface area contributed by atoms with Crippen LogP contribution in [0.25, 0.3) is 0 Å². The number of carbonyl (C=O) groups excluding carboxylic acids is 2. The van der Waals surface area contributed by atoms with E-state index in [0.29, 0.717) is 40.0 Å². The van der Waals surface area contributed by atoms with E-state index >= 15 is 0 Å². The molecule has 10 nitrogen and oxygen atoms in total. The molecule has 0 aromatic heterocycles. The maximum atomic E-state index is 13.0. The van der Waals surface area contributed by atoms with Crippen molar-refractivity contribution in [3.63, 3.8) is 0 Å². The fourth-order valence-corrected chi connectivity index (χ4v) is 3.36. The third kappa shape index (κ3) is 5.84. The smallest absolute Gasteiger partial charge is 0.273 e. The van der Waals surface area contributed by atoms with E-state index in [2.05, 4.69) is 15.8 Å². The Morgan fingerprint density at radius 1 is 0.722 bits per heavy atom. The van der Waals surface area contributed by atoms with Crippen LogP contribution in [0.4, 0.5) is 5.69 Å². The second-order valence-electron chi connectivity index (χ2n) is 7.23. The number of anilines is 1. The summed E-state index contributed by atoms with van der Waals surface area (Å²) >= 11 is 0. The monoisotopic (exact) mass is 493 g/mol. The average Bonchev–Trinajstić information content (AvgIpc) is 2.92. The SMILES string of the molecule is COc1ccc(/C=N\NC(=O)c2ccccc2NC(=O)c2cc(OC)c(OC)c(OC)c2)cc1OC. The van der Waals surface area contributed by atoms with E-state index in [4.69, 9.17) is 23.7 Å². The number of benzene rings is 3. The number of methoxy groups -OCH3 is 5. The lowest BCUT2D eigenvalue weighted by molar-refractivity contribution is 0.0956. The Balaban J connectivity index is 1.77. The van der Waals surface area contributed by atoms with E-state index in [9.17, 15) is 9.59 Å². The molecule has 0 spiro atoms. The third-order valence-electron chi connectivity index (χ3n) is 5.13. The van der Waals surface area contributed by atoms with Crippen molar-refractivity contribution in [1.29, 1.82) is 0 Å². The van der Waals surface area contributed by atoms with E-state index in [1.54, 1.807) is 49.6 Å². The van der Waals surface area contributed by atoms with Crippen LogP contribution in [-0.2, 0) is 0 Å². The van der Waals surface area contributed by atoms with Gasteiger partial charge in [-0.15, -0.1) is 0 Å². The van der Waals surface area contributed by atoms with Crippen molar-refractivity contribution in [2.24, 2.45) is 5.10 Å². The number of carbonyl (C=O) groups is 2. The molecule has 0 bridgehead atoms. The normalized spacial score (nSPS) is 10.5. The van der Waals surface area contributed by atoms with E-state index < -0.39 is 11.8 Å². The fourth-order valence-electron chi connectivity index (χ4n) is 3.36. The molecule has 0 saturated carbocycles. The molecule has 0 aliphatic heterocycles. The number of hydrazone groups is 1. The fraction of sp³-hybridized carbons (Fsp3) is 0.192. The van der Waals surface area contributed by atoms with Gasteiger partial charge in [-0.1, -0.05) is 12.1 Å². The molecule has 3 aromatic carbocycles. The molecule has 10 heteroatoms. The molecule has 36 heavy (non-hydrogen) atoms. The predicted octanol–water partition coefficient (Wildman–Crippen LogP) is 3.75. The van der Waals surface area contributed by atoms with Crippen molar-refractivity contribution >= 4 is 23.7 Å². The lowest BCUT2D eigenvalue weighted by Crippen LogP contribution is -2.21. The molecule has 2 amide bonds. The Bertz CT molecular complexity index is 1250. The van der Waals surface area contributed by atoms with Crippen LogP contribution in [0.3, 0.4) is 0 Å². The van der Waals surface area contributed by atoms with Gasteiger partial charge < -0.3 is 29.0 Å². The summed E-state index contributed by atoms with van der Waals surface area (Å²) in [5.74, 6) is 1.16. The first-order valence-electron chi connectivity index (χ1n) is 10.7. The van der Waals surface area contributed by atoms with Gasteiger partial charge in [0.2, 0.25) is 5.75 Å². The first kappa shape index (κ1) is 25.9. The van der Waals surface area contributed by atoms with Gasteiger partial charge in [-0.25, -0.2) is 5.43 Å². The molecular formula is C26H27N3O7. The Morgan fingerprint density at radius 2 is 1.36 bits per heavy atom. The van der Waals surface area contributed by atoms with Gasteiger partial charge in [0.1, 0.15) is 0 Å². The maximum Gasteiger partial charge on any atom is 0.273 e. The molecule has 0 aliphatic carbocycles. The van der Waals surface area contributed by atoms with Crippen LogP contribution in [0.2, 0.25) is 0 Å². The topological polar surface area (TPSA) is 117 Å². The highest BCUT2D eigenvalue weighted by molar-refractivity contribution is 6.09. The lowest BCUT2D eigenvalue weighted by atomic mass is 10.1. The summed E-state index contributed by atoms with van der Waals surface area (Å²) in [5, 5.41) is 6.76. The van der Waals surface area contributed by atoms with Gasteiger partial charge in [0.05, 0.1) is 53.0 Å². The minimum absolute atomic E-state index is 0.225. The highest BCUT2D eigenvalue weighted by Gasteiger charge is 2.19. The van der Waals surface area contributed by atoms with E-state index in [1.807, 2.05) is 0 Å². The zero-order chi connectivity index (χ0) is 26.1. The second-order valence-corrected chi connectivity index (χ2v) is 7.23. The van der Waals surface area contributed by atoms with Crippen LogP contribution >= 0.6 is 0 Å². The summed E-state index contributed by atoms with van der Waals surface area (Å²) in [6.07, 6.45) is 1.47. The third-order valence-corrected chi connectivity index (χ3v) is 5.13. The average molecular weight is 494 g/mol. The van der Waals surface area contributed by atoms with E-state index in [0.717, 1.165) is 0 Å². The summed E-state index contributed by atoms with van der Waals surface area (Å²) in [5.41, 5.74) is 3.94. The number of ether oxygens (including phenoxy) is 5. The van der Waals surface area contributed by atoms with Gasteiger partial charge >= 0.3 is 0 Å². The standard InChI is InChI=1S/C26H27N3O7/c1-32-20-11-10-16(12-21(20)33-2)15-27-29-26(31)18-8-6-7-9-19(18)28-25(30)17-13-22(34-3)24(36-5)23(14-17)35-4/h6-15H,1-5H3,(H,28,30)(H,29,31)/b27-15-. The zero-order valence-electron chi connectivity index (χ0n) is 20.6. The highest BCUT2D eigenvalue weighted by atomic mass is 16.5. The first-order valence-corrected chi connectivity index (χ1v) is 10.7. The van der Waals surface area contributed by atoms with Crippen molar-refractivity contribution in [3.8, 4) is 28.7 Å². The van der Waals surface area contributed by atoms with Crippen LogP contribution in [0, 0.1) is 0 Å². The van der Waals surface area contributed by atoms with Crippen molar-refractivity contribution in [2.45, 2.75) is 0 Å². The number of rotatable bonds is 10. The van der Waals surface area contributed by atoms with Crippen molar-refractivity contribution in [1.82, 2.24) is 5.43 Å². The molecule has 0 atom stereocenters. The Labute approximate surface area is 208 Å². The van der Waals surface area contributed by atoms with Gasteiger partial charge in [-0.3, -0.25) is 9.59 Å². The van der Waals surface area contributed by atoms with E-state index in [1.165, 1.54) is 46.8 Å². The molecule has 188 valence electrons. The Hall–Kier alpha value is -4.73. The molecule has 2 N–H and O–H groups in total. The van der Waals surface area contributed by atoms with Gasteiger partial charge in [-0.05, 0) is 48.0 Å². The Kier molecular flexibility index (Phi) is 8.71. The molecular weight excluding hydrogens is 466 g/mol. The summed E-state index contributed by atoms with van der Waals surface area (Å²) in [4.78, 5) is 25.8. The van der Waals surface area contributed by atoms with Crippen LogP contribution in [0.15, 0.2) is 59.7 Å². The summed E-state index contributed by atoms with van der Waals surface area (Å²) in [7, 11) is 7.47. The number of para-hydroxylation sites is 1. The van der Waals surface area contributed by atoms with Gasteiger partial charge in [0, 0.05) is 5.56 Å². The number of amides is 2. The highest BCUT2D eigenvalue weighted by Crippen LogP contribution is 2.38. The van der Waals surface area contributed by atoms with Crippen LogP contribution < -0.4 is 34.4 Å². The molecule has 3 rings (SSSR count). The zero-order valence-corrected chi connectivity index (χ0v) is 20.6. The largest absolute Gasteiger partial charge is 0.493 e. The van der Waals surface area contributed by atoms with Crippen LogP contribution in [0.5, 0.6) is 28.7 Å². The predicted molar refractivity (Wildman–Crippen MR) is 135 cm³/mol. The minimum atomic E-state index is -0.507. The van der Waals surface area contributed by atoms with Crippen LogP contribution in [0.1, 0.15) is 26.3 Å². The first-order chi connectivity index (χ1) is 17.4. The molecule has 0 fully saturated rings. The molecule has 0 saturated heterocycles. The molecule has 3 aromatic rings. The number of hydrogen-bond acceptors (Lipinski definition) is 8. The number of nitrogens with zero attached hydrogens (tertiary/aromatic N) is 1. The lowest BCUT2D eigenvalue weighted by Gasteiger charge is -2.15. The van der Waals surface area contributed by atoms with Crippen molar-refractivity contribution < 1.29 is 33.3 Å². The summed E-state index contributed by atoms with van der Waals surface area (Å²) in [6.45, 7) is 0. The number of nitrogens with one attached hydrogen (secondary N) is 2.